The minimum Gasteiger partial charge on any atom is -0.308 e. The van der Waals surface area contributed by atoms with Gasteiger partial charge >= 0.3 is 6.03 Å². The number of anilines is 1. The summed E-state index contributed by atoms with van der Waals surface area (Å²) in [7, 11) is -3.81. The third-order valence-corrected chi connectivity index (χ3v) is 10.6. The van der Waals surface area contributed by atoms with E-state index >= 15 is 0 Å². The number of halogens is 1. The second-order valence-electron chi connectivity index (χ2n) is 11.6. The number of urea groups is 1. The van der Waals surface area contributed by atoms with Gasteiger partial charge in [-0.2, -0.15) is 4.31 Å². The Morgan fingerprint density at radius 1 is 0.930 bits per heavy atom. The number of amidine groups is 1. The van der Waals surface area contributed by atoms with Gasteiger partial charge in [-0.25, -0.2) is 13.2 Å². The summed E-state index contributed by atoms with van der Waals surface area (Å²) in [5.74, 6) is -0.164. The van der Waals surface area contributed by atoms with Crippen molar-refractivity contribution in [3.63, 3.8) is 0 Å². The number of imide groups is 1. The molecule has 2 aromatic carbocycles. The van der Waals surface area contributed by atoms with Crippen LogP contribution >= 0.6 is 0 Å². The van der Waals surface area contributed by atoms with Gasteiger partial charge in [0, 0.05) is 34.3 Å². The Balaban J connectivity index is 1.17. The summed E-state index contributed by atoms with van der Waals surface area (Å²) in [6.07, 6.45) is 4.94. The zero-order valence-corrected chi connectivity index (χ0v) is 24.7. The van der Waals surface area contributed by atoms with Crippen molar-refractivity contribution in [3.8, 4) is 5.75 Å². The number of aryl methyl sites for hydroxylation is 2. The summed E-state index contributed by atoms with van der Waals surface area (Å²) < 4.78 is 40.3. The predicted octanol–water partition coefficient (Wildman–Crippen LogP) is 3.65. The number of rotatable bonds is 6. The van der Waals surface area contributed by atoms with Crippen LogP contribution in [0.5, 0.6) is 5.75 Å². The van der Waals surface area contributed by atoms with Crippen LogP contribution < -0.4 is 20.5 Å². The van der Waals surface area contributed by atoms with E-state index in [1.807, 2.05) is 26.0 Å². The summed E-state index contributed by atoms with van der Waals surface area (Å²) in [5, 5.41) is 6.41. The van der Waals surface area contributed by atoms with Crippen LogP contribution in [-0.2, 0) is 19.6 Å². The summed E-state index contributed by atoms with van der Waals surface area (Å²) >= 11 is 0. The molecule has 4 aliphatic rings. The first-order valence-electron chi connectivity index (χ1n) is 14.2. The molecule has 0 unspecified atom stereocenters. The fourth-order valence-electron chi connectivity index (χ4n) is 6.69. The molecule has 4 amide bonds. The minimum absolute atomic E-state index is 0.0317. The third kappa shape index (κ3) is 4.89. The van der Waals surface area contributed by atoms with Crippen LogP contribution in [0, 0.1) is 13.8 Å². The lowest BCUT2D eigenvalue weighted by Crippen LogP contribution is -2.50. The molecule has 13 heteroatoms. The van der Waals surface area contributed by atoms with Crippen molar-refractivity contribution in [1.82, 2.24) is 14.9 Å². The Kier molecular flexibility index (Phi) is 7.12. The molecule has 0 radical (unpaired) electrons. The first-order valence-corrected chi connectivity index (χ1v) is 15.7. The van der Waals surface area contributed by atoms with E-state index in [-0.39, 0.29) is 43.5 Å². The topological polar surface area (TPSA) is 137 Å². The normalized spacial score (nSPS) is 21.6. The van der Waals surface area contributed by atoms with Gasteiger partial charge in [0.25, 0.3) is 11.8 Å². The number of nitrogens with zero attached hydrogens (tertiary/aromatic N) is 3. The van der Waals surface area contributed by atoms with Crippen molar-refractivity contribution < 1.29 is 32.3 Å². The highest BCUT2D eigenvalue weighted by atomic mass is 32.2. The molecule has 3 heterocycles. The Bertz CT molecular complexity index is 1650. The van der Waals surface area contributed by atoms with E-state index in [1.54, 1.807) is 23.1 Å². The highest BCUT2D eigenvalue weighted by Gasteiger charge is 2.55. The van der Waals surface area contributed by atoms with Gasteiger partial charge in [-0.15, -0.1) is 0 Å². The first-order chi connectivity index (χ1) is 20.5. The molecule has 6 rings (SSSR count). The Hall–Kier alpha value is -4.10. The van der Waals surface area contributed by atoms with Crippen LogP contribution in [0.1, 0.15) is 60.8 Å². The molecule has 2 N–H and O–H groups in total. The zero-order chi connectivity index (χ0) is 30.6. The number of benzene rings is 2. The zero-order valence-electron chi connectivity index (χ0n) is 23.9. The molecule has 2 aromatic rings. The van der Waals surface area contributed by atoms with E-state index < -0.39 is 27.1 Å². The van der Waals surface area contributed by atoms with Gasteiger partial charge in [-0.3, -0.25) is 29.7 Å². The van der Waals surface area contributed by atoms with Crippen LogP contribution in [0.25, 0.3) is 6.08 Å². The largest absolute Gasteiger partial charge is 0.329 e. The lowest BCUT2D eigenvalue weighted by Gasteiger charge is -2.34. The number of amides is 4. The van der Waals surface area contributed by atoms with Gasteiger partial charge in [-0.05, 0) is 98.7 Å². The highest BCUT2D eigenvalue weighted by molar-refractivity contribution is 7.92. The summed E-state index contributed by atoms with van der Waals surface area (Å²) in [6, 6.07) is 9.20. The Morgan fingerprint density at radius 3 is 2.16 bits per heavy atom. The summed E-state index contributed by atoms with van der Waals surface area (Å²) in [6.45, 7) is 3.92. The highest BCUT2D eigenvalue weighted by Crippen LogP contribution is 2.42. The lowest BCUT2D eigenvalue weighted by molar-refractivity contribution is -0.125. The molecule has 43 heavy (non-hydrogen) atoms. The molecule has 1 saturated carbocycles. The van der Waals surface area contributed by atoms with E-state index in [9.17, 15) is 27.3 Å². The number of sulfonamides is 1. The number of hydrogen-bond acceptors (Lipinski definition) is 7. The van der Waals surface area contributed by atoms with Crippen LogP contribution in [0.4, 0.5) is 15.0 Å². The van der Waals surface area contributed by atoms with E-state index in [1.165, 1.54) is 21.8 Å². The molecule has 11 nitrogen and oxygen atoms in total. The summed E-state index contributed by atoms with van der Waals surface area (Å²) in [5.41, 5.74) is 1.53. The van der Waals surface area contributed by atoms with Crippen LogP contribution in [0.2, 0.25) is 0 Å². The Labute approximate surface area is 248 Å². The molecule has 0 bridgehead atoms. The van der Waals surface area contributed by atoms with Gasteiger partial charge in [0.15, 0.2) is 5.75 Å². The number of hydrogen-bond donors (Lipinski definition) is 2. The average Bonchev–Trinajstić information content (AvgIpc) is 3.65. The van der Waals surface area contributed by atoms with Crippen molar-refractivity contribution in [2.75, 3.05) is 18.0 Å². The maximum absolute atomic E-state index is 13.3. The van der Waals surface area contributed by atoms with Gasteiger partial charge in [0.05, 0.1) is 0 Å². The molecular weight excluding hydrogens is 577 g/mol. The van der Waals surface area contributed by atoms with Crippen molar-refractivity contribution in [2.24, 2.45) is 4.99 Å². The quantitative estimate of drug-likeness (QED) is 0.480. The van der Waals surface area contributed by atoms with Crippen LogP contribution in [0.15, 0.2) is 46.8 Å². The average molecular weight is 610 g/mol. The third-order valence-electron chi connectivity index (χ3n) is 9.06. The lowest BCUT2D eigenvalue weighted by atomic mass is 9.89. The molecule has 2 spiro atoms. The van der Waals surface area contributed by atoms with Crippen molar-refractivity contribution in [1.29, 1.82) is 0 Å². The van der Waals surface area contributed by atoms with Crippen molar-refractivity contribution in [3.05, 3.63) is 64.1 Å². The summed E-state index contributed by atoms with van der Waals surface area (Å²) in [4.78, 5) is 48.2. The smallest absolute Gasteiger partial charge is 0.308 e. The molecule has 0 atom stereocenters. The fraction of sp³-hybridized carbons (Fsp3) is 0.400. The van der Waals surface area contributed by atoms with Crippen LogP contribution in [-0.4, -0.2) is 60.6 Å². The molecule has 0 aromatic heterocycles. The minimum atomic E-state index is -3.81. The molecule has 226 valence electrons. The number of aliphatic imine (C=N–C) groups is 1. The first kappa shape index (κ1) is 29.0. The molecular formula is C30H32FN5O6S. The maximum Gasteiger partial charge on any atom is 0.329 e. The molecule has 1 aliphatic carbocycles. The standard InChI is InChI=1S/C30H32FN5O6S/c1-19-17-22(36-28(39)33-27(38)30(36)10-3-4-11-30)18-20(2)24(19)9-16-43(40,41)35-14-12-29(13-15-35)26(37)32-25(34-29)21-5-7-23(42-31)8-6-21/h5-9,16-18H,3-4,10-15H2,1-2H3,(H,32,34,37)(H,33,38,39)/b16-9+. The SMILES string of the molecule is Cc1cc(N2C(=O)NC(=O)C23CCCC3)cc(C)c1/C=C/S(=O)(=O)N1CCC2(CC1)N=C(c1ccc(OF)cc1)NC2=O. The van der Waals surface area contributed by atoms with E-state index in [4.69, 9.17) is 0 Å². The molecule has 3 aliphatic heterocycles. The van der Waals surface area contributed by atoms with E-state index in [0.717, 1.165) is 24.0 Å². The van der Waals surface area contributed by atoms with Gasteiger partial charge in [0.2, 0.25) is 10.0 Å². The van der Waals surface area contributed by atoms with Gasteiger partial charge < -0.3 is 5.32 Å². The van der Waals surface area contributed by atoms with Gasteiger partial charge in [0.1, 0.15) is 16.9 Å². The molecule has 3 fully saturated rings. The number of carbonyl (C=O) groups is 3. The van der Waals surface area contributed by atoms with Gasteiger partial charge in [-0.1, -0.05) is 12.8 Å². The van der Waals surface area contributed by atoms with E-state index in [0.29, 0.717) is 35.5 Å². The molecule has 2 saturated heterocycles. The Morgan fingerprint density at radius 2 is 1.56 bits per heavy atom. The number of piperidine rings is 1. The van der Waals surface area contributed by atoms with Crippen LogP contribution in [0.3, 0.4) is 0 Å². The van der Waals surface area contributed by atoms with Crippen molar-refractivity contribution >= 4 is 45.5 Å². The second-order valence-corrected chi connectivity index (χ2v) is 13.4. The van der Waals surface area contributed by atoms with Crippen molar-refractivity contribution in [2.45, 2.75) is 63.5 Å². The fourth-order valence-corrected chi connectivity index (χ4v) is 7.86. The monoisotopic (exact) mass is 609 g/mol. The van der Waals surface area contributed by atoms with E-state index in [2.05, 4.69) is 20.6 Å². The predicted molar refractivity (Wildman–Crippen MR) is 157 cm³/mol. The number of nitrogens with one attached hydrogen (secondary N) is 2. The second kappa shape index (κ2) is 10.6. The number of carbonyl (C=O) groups excluding carboxylic acids is 3. The maximum atomic E-state index is 13.3.